The normalized spacial score (nSPS) is 11.4. The smallest absolute Gasteiger partial charge is 0.273 e. The third-order valence-corrected chi connectivity index (χ3v) is 6.23. The van der Waals surface area contributed by atoms with Gasteiger partial charge in [-0.05, 0) is 68.3 Å². The lowest BCUT2D eigenvalue weighted by molar-refractivity contribution is 0.101. The van der Waals surface area contributed by atoms with E-state index in [4.69, 9.17) is 0 Å². The largest absolute Gasteiger partial charge is 0.320 e. The molecular formula is C29H26N6O2. The van der Waals surface area contributed by atoms with Crippen LogP contribution in [0.25, 0.3) is 23.2 Å². The van der Waals surface area contributed by atoms with Gasteiger partial charge in [-0.25, -0.2) is 4.68 Å². The molecule has 8 heteroatoms. The van der Waals surface area contributed by atoms with Crippen LogP contribution in [0.5, 0.6) is 0 Å². The average molecular weight is 491 g/mol. The van der Waals surface area contributed by atoms with Gasteiger partial charge in [0, 0.05) is 41.6 Å². The number of amides is 1. The average Bonchev–Trinajstić information content (AvgIpc) is 3.45. The first-order valence-electron chi connectivity index (χ1n) is 11.8. The fraction of sp³-hybridized carbons (Fsp3) is 0.138. The van der Waals surface area contributed by atoms with Crippen molar-refractivity contribution in [1.82, 2.24) is 24.5 Å². The highest BCUT2D eigenvalue weighted by Gasteiger charge is 2.18. The number of rotatable bonds is 6. The molecule has 0 spiro atoms. The highest BCUT2D eigenvalue weighted by molar-refractivity contribution is 6.12. The molecule has 0 aliphatic carbocycles. The SMILES string of the molecule is Cc1cc(C(=O)Nc2cc(C(=O)c3ccc4cnn(C=Cc5ccccn5)c4c3)c(C)cc2C)n(C)n1. The van der Waals surface area contributed by atoms with Gasteiger partial charge in [-0.1, -0.05) is 24.3 Å². The summed E-state index contributed by atoms with van der Waals surface area (Å²) in [5.74, 6) is -0.411. The zero-order valence-electron chi connectivity index (χ0n) is 21.1. The quantitative estimate of drug-likeness (QED) is 0.330. The first kappa shape index (κ1) is 23.9. The molecule has 1 amide bonds. The van der Waals surface area contributed by atoms with Gasteiger partial charge in [-0.2, -0.15) is 10.2 Å². The minimum atomic E-state index is -0.279. The van der Waals surface area contributed by atoms with E-state index in [0.29, 0.717) is 22.5 Å². The molecule has 0 bridgehead atoms. The summed E-state index contributed by atoms with van der Waals surface area (Å²) in [7, 11) is 1.73. The van der Waals surface area contributed by atoms with E-state index < -0.39 is 0 Å². The van der Waals surface area contributed by atoms with Crippen molar-refractivity contribution in [2.24, 2.45) is 7.05 Å². The van der Waals surface area contributed by atoms with Crippen LogP contribution >= 0.6 is 0 Å². The molecule has 8 nitrogen and oxygen atoms in total. The number of aryl methyl sites for hydroxylation is 4. The molecule has 2 aromatic carbocycles. The van der Waals surface area contributed by atoms with E-state index in [1.807, 2.05) is 69.4 Å². The molecule has 0 radical (unpaired) electrons. The Morgan fingerprint density at radius 2 is 1.81 bits per heavy atom. The molecule has 5 rings (SSSR count). The summed E-state index contributed by atoms with van der Waals surface area (Å²) in [5.41, 5.74) is 6.17. The molecule has 0 unspecified atom stereocenters. The zero-order chi connectivity index (χ0) is 26.1. The van der Waals surface area contributed by atoms with Crippen molar-refractivity contribution in [3.8, 4) is 0 Å². The highest BCUT2D eigenvalue weighted by atomic mass is 16.2. The predicted octanol–water partition coefficient (Wildman–Crippen LogP) is 5.20. The molecule has 37 heavy (non-hydrogen) atoms. The molecule has 0 aliphatic rings. The van der Waals surface area contributed by atoms with Crippen molar-refractivity contribution in [3.05, 3.63) is 106 Å². The number of nitrogens with zero attached hydrogens (tertiary/aromatic N) is 5. The number of aromatic nitrogens is 5. The second kappa shape index (κ2) is 9.66. The summed E-state index contributed by atoms with van der Waals surface area (Å²) >= 11 is 0. The molecule has 3 aromatic heterocycles. The Balaban J connectivity index is 1.46. The van der Waals surface area contributed by atoms with Crippen LogP contribution in [0.2, 0.25) is 0 Å². The van der Waals surface area contributed by atoms with Gasteiger partial charge in [0.15, 0.2) is 5.78 Å². The van der Waals surface area contributed by atoms with E-state index in [-0.39, 0.29) is 11.7 Å². The van der Waals surface area contributed by atoms with E-state index in [2.05, 4.69) is 20.5 Å². The minimum Gasteiger partial charge on any atom is -0.320 e. The van der Waals surface area contributed by atoms with Crippen LogP contribution in [0.1, 0.15) is 48.9 Å². The van der Waals surface area contributed by atoms with Gasteiger partial charge in [0.05, 0.1) is 23.1 Å². The Morgan fingerprint density at radius 3 is 2.54 bits per heavy atom. The Hall–Kier alpha value is -4.85. The van der Waals surface area contributed by atoms with Gasteiger partial charge in [-0.3, -0.25) is 19.3 Å². The van der Waals surface area contributed by atoms with E-state index in [0.717, 1.165) is 33.4 Å². The van der Waals surface area contributed by atoms with Crippen LogP contribution in [-0.2, 0) is 7.05 Å². The van der Waals surface area contributed by atoms with Gasteiger partial charge in [-0.15, -0.1) is 0 Å². The van der Waals surface area contributed by atoms with Gasteiger partial charge >= 0.3 is 0 Å². The second-order valence-corrected chi connectivity index (χ2v) is 8.99. The van der Waals surface area contributed by atoms with Crippen LogP contribution in [-0.4, -0.2) is 36.2 Å². The summed E-state index contributed by atoms with van der Waals surface area (Å²) in [6, 6.07) is 16.6. The summed E-state index contributed by atoms with van der Waals surface area (Å²) in [4.78, 5) is 30.8. The topological polar surface area (TPSA) is 94.7 Å². The molecular weight excluding hydrogens is 464 g/mol. The number of fused-ring (bicyclic) bond motifs is 1. The number of pyridine rings is 1. The molecule has 0 saturated heterocycles. The van der Waals surface area contributed by atoms with E-state index >= 15 is 0 Å². The lowest BCUT2D eigenvalue weighted by Gasteiger charge is -2.13. The first-order valence-corrected chi connectivity index (χ1v) is 11.8. The molecule has 0 saturated carbocycles. The predicted molar refractivity (Wildman–Crippen MR) is 144 cm³/mol. The summed E-state index contributed by atoms with van der Waals surface area (Å²) < 4.78 is 3.27. The summed E-state index contributed by atoms with van der Waals surface area (Å²) in [5, 5.41) is 12.5. The van der Waals surface area contributed by atoms with Crippen molar-refractivity contribution in [2.45, 2.75) is 20.8 Å². The maximum absolute atomic E-state index is 13.6. The van der Waals surface area contributed by atoms with Crippen LogP contribution < -0.4 is 5.32 Å². The standard InChI is InChI=1S/C29H26N6O2/c1-18-13-19(2)25(32-29(37)27-14-20(3)33-34(27)4)16-24(18)28(36)21-8-9-22-17-31-35(26(22)15-21)12-10-23-7-5-6-11-30-23/h5-17H,1-4H3,(H,32,37). The molecule has 5 aromatic rings. The molecule has 184 valence electrons. The number of nitrogens with one attached hydrogen (secondary N) is 1. The molecule has 1 N–H and O–H groups in total. The monoisotopic (exact) mass is 490 g/mol. The molecule has 3 heterocycles. The number of hydrogen-bond acceptors (Lipinski definition) is 5. The van der Waals surface area contributed by atoms with Gasteiger partial charge in [0.25, 0.3) is 5.91 Å². The maximum Gasteiger partial charge on any atom is 0.273 e. The van der Waals surface area contributed by atoms with Crippen LogP contribution in [0.4, 0.5) is 5.69 Å². The lowest BCUT2D eigenvalue weighted by atomic mass is 9.96. The van der Waals surface area contributed by atoms with E-state index in [1.165, 1.54) is 0 Å². The van der Waals surface area contributed by atoms with Crippen LogP contribution in [0.15, 0.2) is 67.0 Å². The van der Waals surface area contributed by atoms with Crippen LogP contribution in [0, 0.1) is 20.8 Å². The van der Waals surface area contributed by atoms with E-state index in [9.17, 15) is 9.59 Å². The fourth-order valence-corrected chi connectivity index (χ4v) is 4.32. The van der Waals surface area contributed by atoms with Crippen LogP contribution in [0.3, 0.4) is 0 Å². The van der Waals surface area contributed by atoms with Crippen molar-refractivity contribution < 1.29 is 9.59 Å². The van der Waals surface area contributed by atoms with Crippen molar-refractivity contribution in [2.75, 3.05) is 5.32 Å². The van der Waals surface area contributed by atoms with Crippen molar-refractivity contribution >= 4 is 40.6 Å². The maximum atomic E-state index is 13.6. The number of benzene rings is 2. The number of anilines is 1. The zero-order valence-corrected chi connectivity index (χ0v) is 21.1. The second-order valence-electron chi connectivity index (χ2n) is 8.99. The number of carbonyl (C=O) groups excluding carboxylic acids is 2. The minimum absolute atomic E-state index is 0.132. The highest BCUT2D eigenvalue weighted by Crippen LogP contribution is 2.25. The van der Waals surface area contributed by atoms with Gasteiger partial charge in [0.1, 0.15) is 5.69 Å². The van der Waals surface area contributed by atoms with Gasteiger partial charge < -0.3 is 5.32 Å². The van der Waals surface area contributed by atoms with Crippen molar-refractivity contribution in [1.29, 1.82) is 0 Å². The number of carbonyl (C=O) groups is 2. The molecule has 0 atom stereocenters. The molecule has 0 aliphatic heterocycles. The molecule has 0 fully saturated rings. The number of hydrogen-bond donors (Lipinski definition) is 1. The number of ketones is 1. The summed E-state index contributed by atoms with van der Waals surface area (Å²) in [6.45, 7) is 5.64. The Labute approximate surface area is 214 Å². The lowest BCUT2D eigenvalue weighted by Crippen LogP contribution is -2.17. The third kappa shape index (κ3) is 4.81. The third-order valence-electron chi connectivity index (χ3n) is 6.23. The Bertz CT molecular complexity index is 1680. The first-order chi connectivity index (χ1) is 17.8. The van der Waals surface area contributed by atoms with E-state index in [1.54, 1.807) is 47.0 Å². The van der Waals surface area contributed by atoms with Crippen molar-refractivity contribution in [3.63, 3.8) is 0 Å². The fourth-order valence-electron chi connectivity index (χ4n) is 4.32. The summed E-state index contributed by atoms with van der Waals surface area (Å²) in [6.07, 6.45) is 7.18. The Kier molecular flexibility index (Phi) is 6.23. The van der Waals surface area contributed by atoms with Gasteiger partial charge in [0.2, 0.25) is 0 Å². The Morgan fingerprint density at radius 1 is 0.973 bits per heavy atom.